The molecule has 0 radical (unpaired) electrons. The van der Waals surface area contributed by atoms with Crippen molar-refractivity contribution in [2.45, 2.75) is 12.5 Å². The Bertz CT molecular complexity index is 865. The molecule has 2 aromatic carbocycles. The van der Waals surface area contributed by atoms with E-state index in [1.807, 2.05) is 0 Å². The number of halogens is 1. The molecule has 0 saturated heterocycles. The van der Waals surface area contributed by atoms with Crippen molar-refractivity contribution in [3.63, 3.8) is 0 Å². The van der Waals surface area contributed by atoms with Crippen LogP contribution >= 0.6 is 11.6 Å². The van der Waals surface area contributed by atoms with Gasteiger partial charge in [0.15, 0.2) is 0 Å². The Labute approximate surface area is 160 Å². The van der Waals surface area contributed by atoms with Gasteiger partial charge in [0, 0.05) is 23.2 Å². The van der Waals surface area contributed by atoms with E-state index in [9.17, 15) is 19.7 Å². The highest BCUT2D eigenvalue weighted by molar-refractivity contribution is 6.30. The Balaban J connectivity index is 2.12. The van der Waals surface area contributed by atoms with E-state index >= 15 is 0 Å². The third-order valence-electron chi connectivity index (χ3n) is 3.70. The molecule has 1 unspecified atom stereocenters. The van der Waals surface area contributed by atoms with E-state index in [0.717, 1.165) is 0 Å². The van der Waals surface area contributed by atoms with Crippen LogP contribution in [-0.4, -0.2) is 23.9 Å². The fourth-order valence-corrected chi connectivity index (χ4v) is 2.46. The number of nitrogens with zero attached hydrogens (tertiary/aromatic N) is 1. The predicted molar refractivity (Wildman–Crippen MR) is 101 cm³/mol. The maximum Gasteiger partial charge on any atom is 0.307 e. The van der Waals surface area contributed by atoms with E-state index in [1.54, 1.807) is 30.3 Å². The first-order chi connectivity index (χ1) is 12.9. The lowest BCUT2D eigenvalue weighted by Crippen LogP contribution is -2.29. The molecular formula is C19H17ClN2O5. The second-order valence-corrected chi connectivity index (χ2v) is 6.01. The standard InChI is InChI=1S/C19H17ClN2O5/c1-27-19(24)12-17(14-6-8-15(20)9-7-14)21-18(23)10-5-13-3-2-4-16(11-13)22(25)26/h2-11,17H,12H2,1H3,(H,21,23)/b10-5+. The van der Waals surface area contributed by atoms with Crippen LogP contribution in [0, 0.1) is 10.1 Å². The van der Waals surface area contributed by atoms with Gasteiger partial charge in [0.2, 0.25) is 5.91 Å². The van der Waals surface area contributed by atoms with Gasteiger partial charge in [-0.05, 0) is 29.3 Å². The summed E-state index contributed by atoms with van der Waals surface area (Å²) in [5, 5.41) is 14.1. The van der Waals surface area contributed by atoms with Crippen molar-refractivity contribution in [2.75, 3.05) is 7.11 Å². The van der Waals surface area contributed by atoms with Crippen LogP contribution in [0.3, 0.4) is 0 Å². The van der Waals surface area contributed by atoms with Crippen LogP contribution in [0.15, 0.2) is 54.6 Å². The first kappa shape index (κ1) is 20.1. The van der Waals surface area contributed by atoms with Crippen LogP contribution in [-0.2, 0) is 14.3 Å². The summed E-state index contributed by atoms with van der Waals surface area (Å²) >= 11 is 5.87. The van der Waals surface area contributed by atoms with Crippen LogP contribution < -0.4 is 5.32 Å². The summed E-state index contributed by atoms with van der Waals surface area (Å²) in [7, 11) is 1.27. The summed E-state index contributed by atoms with van der Waals surface area (Å²) in [5.41, 5.74) is 1.14. The van der Waals surface area contributed by atoms with Crippen molar-refractivity contribution in [3.05, 3.63) is 80.9 Å². The minimum atomic E-state index is -0.600. The van der Waals surface area contributed by atoms with Gasteiger partial charge in [-0.1, -0.05) is 35.9 Å². The molecule has 2 aromatic rings. The topological polar surface area (TPSA) is 98.5 Å². The highest BCUT2D eigenvalue weighted by Gasteiger charge is 2.18. The van der Waals surface area contributed by atoms with Gasteiger partial charge in [-0.15, -0.1) is 0 Å². The second kappa shape index (κ2) is 9.49. The number of non-ortho nitro benzene ring substituents is 1. The average molecular weight is 389 g/mol. The Hall–Kier alpha value is -3.19. The summed E-state index contributed by atoms with van der Waals surface area (Å²) < 4.78 is 4.67. The number of benzene rings is 2. The lowest BCUT2D eigenvalue weighted by Gasteiger charge is -2.17. The van der Waals surface area contributed by atoms with E-state index in [4.69, 9.17) is 11.6 Å². The zero-order valence-corrected chi connectivity index (χ0v) is 15.2. The molecule has 7 nitrogen and oxygen atoms in total. The van der Waals surface area contributed by atoms with Crippen LogP contribution in [0.1, 0.15) is 23.6 Å². The Morgan fingerprint density at radius 3 is 2.59 bits per heavy atom. The van der Waals surface area contributed by atoms with Gasteiger partial charge in [-0.25, -0.2) is 0 Å². The lowest BCUT2D eigenvalue weighted by atomic mass is 10.0. The van der Waals surface area contributed by atoms with E-state index in [1.165, 1.54) is 37.5 Å². The summed E-state index contributed by atoms with van der Waals surface area (Å²) in [6, 6.07) is 12.0. The van der Waals surface area contributed by atoms with E-state index < -0.39 is 22.8 Å². The van der Waals surface area contributed by atoms with Gasteiger partial charge in [-0.3, -0.25) is 19.7 Å². The maximum absolute atomic E-state index is 12.2. The molecule has 0 spiro atoms. The van der Waals surface area contributed by atoms with Crippen LogP contribution in [0.5, 0.6) is 0 Å². The first-order valence-electron chi connectivity index (χ1n) is 7.94. The van der Waals surface area contributed by atoms with Crippen LogP contribution in [0.4, 0.5) is 5.69 Å². The zero-order chi connectivity index (χ0) is 19.8. The molecule has 1 N–H and O–H groups in total. The highest BCUT2D eigenvalue weighted by atomic mass is 35.5. The SMILES string of the molecule is COC(=O)CC(NC(=O)/C=C/c1cccc([N+](=O)[O-])c1)c1ccc(Cl)cc1. The number of nitro groups is 1. The number of hydrogen-bond donors (Lipinski definition) is 1. The number of carbonyl (C=O) groups excluding carboxylic acids is 2. The van der Waals surface area contributed by atoms with Gasteiger partial charge in [0.25, 0.3) is 5.69 Å². The maximum atomic E-state index is 12.2. The van der Waals surface area contributed by atoms with Crippen molar-refractivity contribution in [1.82, 2.24) is 5.32 Å². The number of nitrogens with one attached hydrogen (secondary N) is 1. The molecule has 8 heteroatoms. The summed E-state index contributed by atoms with van der Waals surface area (Å²) in [4.78, 5) is 34.2. The number of nitro benzene ring substituents is 1. The molecule has 1 amide bonds. The van der Waals surface area contributed by atoms with Gasteiger partial charge < -0.3 is 10.1 Å². The smallest absolute Gasteiger partial charge is 0.307 e. The molecule has 0 aromatic heterocycles. The largest absolute Gasteiger partial charge is 0.469 e. The van der Waals surface area contributed by atoms with Gasteiger partial charge >= 0.3 is 5.97 Å². The molecular weight excluding hydrogens is 372 g/mol. The fourth-order valence-electron chi connectivity index (χ4n) is 2.33. The van der Waals surface area contributed by atoms with Gasteiger partial charge in [-0.2, -0.15) is 0 Å². The average Bonchev–Trinajstić information content (AvgIpc) is 2.66. The van der Waals surface area contributed by atoms with Crippen molar-refractivity contribution < 1.29 is 19.2 Å². The molecule has 0 aliphatic rings. The molecule has 27 heavy (non-hydrogen) atoms. The number of hydrogen-bond acceptors (Lipinski definition) is 5. The van der Waals surface area contributed by atoms with E-state index in [-0.39, 0.29) is 12.1 Å². The predicted octanol–water partition coefficient (Wildman–Crippen LogP) is 3.68. The monoisotopic (exact) mass is 388 g/mol. The molecule has 0 bridgehead atoms. The van der Waals surface area contributed by atoms with Crippen molar-refractivity contribution in [1.29, 1.82) is 0 Å². The fraction of sp³-hybridized carbons (Fsp3) is 0.158. The molecule has 0 saturated carbocycles. The van der Waals surface area contributed by atoms with Crippen LogP contribution in [0.2, 0.25) is 5.02 Å². The summed E-state index contributed by atoms with van der Waals surface area (Å²) in [6.45, 7) is 0. The Morgan fingerprint density at radius 1 is 1.26 bits per heavy atom. The highest BCUT2D eigenvalue weighted by Crippen LogP contribution is 2.20. The number of carbonyl (C=O) groups is 2. The first-order valence-corrected chi connectivity index (χ1v) is 8.32. The second-order valence-electron chi connectivity index (χ2n) is 5.58. The zero-order valence-electron chi connectivity index (χ0n) is 14.4. The molecule has 0 aliphatic carbocycles. The van der Waals surface area contributed by atoms with Crippen molar-refractivity contribution in [2.24, 2.45) is 0 Å². The normalized spacial score (nSPS) is 11.8. The van der Waals surface area contributed by atoms with Gasteiger partial charge in [0.05, 0.1) is 24.5 Å². The van der Waals surface area contributed by atoms with Gasteiger partial charge in [0.1, 0.15) is 0 Å². The quantitative estimate of drug-likeness (QED) is 0.337. The summed E-state index contributed by atoms with van der Waals surface area (Å²) in [6.07, 6.45) is 2.66. The minimum absolute atomic E-state index is 0.0471. The molecule has 2 rings (SSSR count). The number of esters is 1. The number of methoxy groups -OCH3 is 1. The van der Waals surface area contributed by atoms with E-state index in [0.29, 0.717) is 16.1 Å². The number of rotatable bonds is 7. The number of ether oxygens (including phenoxy) is 1. The molecule has 1 atom stereocenters. The Kier molecular flexibility index (Phi) is 7.08. The van der Waals surface area contributed by atoms with E-state index in [2.05, 4.69) is 10.1 Å². The minimum Gasteiger partial charge on any atom is -0.469 e. The number of amides is 1. The molecule has 0 heterocycles. The molecule has 0 aliphatic heterocycles. The molecule has 0 fully saturated rings. The van der Waals surface area contributed by atoms with Crippen molar-refractivity contribution >= 4 is 35.2 Å². The lowest BCUT2D eigenvalue weighted by molar-refractivity contribution is -0.384. The van der Waals surface area contributed by atoms with Crippen molar-refractivity contribution in [3.8, 4) is 0 Å². The summed E-state index contributed by atoms with van der Waals surface area (Å²) in [5.74, 6) is -0.928. The third kappa shape index (κ3) is 6.23. The third-order valence-corrected chi connectivity index (χ3v) is 3.95. The van der Waals surface area contributed by atoms with Crippen LogP contribution in [0.25, 0.3) is 6.08 Å². The molecule has 140 valence electrons. The Morgan fingerprint density at radius 2 is 1.96 bits per heavy atom.